The molecular weight excluding hydrogens is 441 g/mol. The number of benzene rings is 2. The molecule has 2 aromatic carbocycles. The predicted molar refractivity (Wildman–Crippen MR) is 97.5 cm³/mol. The number of aromatic hydroxyl groups is 1. The molecule has 3 rings (SSSR count). The first-order valence-corrected chi connectivity index (χ1v) is 8.05. The van der Waals surface area contributed by atoms with Gasteiger partial charge in [-0.25, -0.2) is 5.01 Å². The number of anilines is 1. The number of hydrazine groups is 1. The van der Waals surface area contributed by atoms with Gasteiger partial charge in [0.2, 0.25) is 0 Å². The van der Waals surface area contributed by atoms with Gasteiger partial charge in [0.15, 0.2) is 0 Å². The number of nitro benzene ring substituents is 1. The molecule has 2 aromatic rings. The summed E-state index contributed by atoms with van der Waals surface area (Å²) in [6, 6.07) is 10.3. The van der Waals surface area contributed by atoms with Gasteiger partial charge in [0.05, 0.1) is 10.6 Å². The Hall–Kier alpha value is -2.95. The zero-order chi connectivity index (χ0) is 18.1. The highest BCUT2D eigenvalue weighted by Crippen LogP contribution is 2.28. The smallest absolute Gasteiger partial charge is 0.282 e. The number of carbonyl (C=O) groups excluding carboxylic acids is 2. The molecule has 2 N–H and O–H groups in total. The fraction of sp³-hybridized carbons (Fsp3) is 0. The number of nitrogens with zero attached hydrogens (tertiary/aromatic N) is 2. The van der Waals surface area contributed by atoms with E-state index in [4.69, 9.17) is 0 Å². The molecule has 25 heavy (non-hydrogen) atoms. The van der Waals surface area contributed by atoms with Crippen molar-refractivity contribution < 1.29 is 19.6 Å². The fourth-order valence-corrected chi connectivity index (χ4v) is 2.62. The molecule has 0 saturated carbocycles. The number of nitrogens with one attached hydrogen (secondary N) is 1. The minimum Gasteiger partial charge on any atom is -0.507 e. The SMILES string of the molecule is O=C1NN(c2ccc(I)cc2)C(=O)/C1=C\c1cc([N+](=O)[O-])ccc1O. The number of non-ortho nitro benzene ring substituents is 1. The number of amides is 2. The third-order valence-corrected chi connectivity index (χ3v) is 4.22. The normalized spacial score (nSPS) is 15.6. The summed E-state index contributed by atoms with van der Waals surface area (Å²) in [4.78, 5) is 34.8. The number of phenolic OH excluding ortho intramolecular Hbond substituents is 1. The highest BCUT2D eigenvalue weighted by atomic mass is 127. The van der Waals surface area contributed by atoms with Gasteiger partial charge < -0.3 is 5.11 Å². The van der Waals surface area contributed by atoms with Crippen LogP contribution in [0.15, 0.2) is 48.0 Å². The van der Waals surface area contributed by atoms with Crippen LogP contribution in [-0.2, 0) is 9.59 Å². The molecule has 0 aliphatic carbocycles. The molecule has 0 atom stereocenters. The Kier molecular flexibility index (Phi) is 4.40. The van der Waals surface area contributed by atoms with Crippen LogP contribution in [0.4, 0.5) is 11.4 Å². The Morgan fingerprint density at radius 2 is 1.84 bits per heavy atom. The van der Waals surface area contributed by atoms with Gasteiger partial charge in [0.25, 0.3) is 17.5 Å². The molecule has 0 unspecified atom stereocenters. The van der Waals surface area contributed by atoms with Crippen molar-refractivity contribution in [3.8, 4) is 5.75 Å². The van der Waals surface area contributed by atoms with Gasteiger partial charge in [0, 0.05) is 21.3 Å². The average molecular weight is 451 g/mol. The Morgan fingerprint density at radius 3 is 2.48 bits per heavy atom. The highest BCUT2D eigenvalue weighted by molar-refractivity contribution is 14.1. The summed E-state index contributed by atoms with van der Waals surface area (Å²) in [6.07, 6.45) is 1.13. The molecule has 1 heterocycles. The maximum atomic E-state index is 12.5. The predicted octanol–water partition coefficient (Wildman–Crippen LogP) is 2.37. The Bertz CT molecular complexity index is 924. The first kappa shape index (κ1) is 16.9. The van der Waals surface area contributed by atoms with Crippen molar-refractivity contribution in [1.29, 1.82) is 0 Å². The van der Waals surface area contributed by atoms with Crippen LogP contribution in [-0.4, -0.2) is 21.8 Å². The lowest BCUT2D eigenvalue weighted by atomic mass is 10.1. The minimum absolute atomic E-state index is 0.0113. The molecule has 126 valence electrons. The van der Waals surface area contributed by atoms with Crippen LogP contribution in [0.3, 0.4) is 0 Å². The number of hydrogen-bond donors (Lipinski definition) is 2. The third-order valence-electron chi connectivity index (χ3n) is 3.50. The molecule has 9 heteroatoms. The van der Waals surface area contributed by atoms with Gasteiger partial charge in [-0.15, -0.1) is 0 Å². The van der Waals surface area contributed by atoms with E-state index in [0.29, 0.717) is 5.69 Å². The van der Waals surface area contributed by atoms with E-state index in [1.165, 1.54) is 0 Å². The monoisotopic (exact) mass is 451 g/mol. The molecule has 0 aromatic heterocycles. The first-order valence-electron chi connectivity index (χ1n) is 6.97. The standard InChI is InChI=1S/C16H10IN3O5/c17-10-1-3-11(4-2-10)19-16(23)13(15(22)18-19)8-9-7-12(20(24)25)5-6-14(9)21/h1-8,21H,(H,18,22)/b13-8-. The summed E-state index contributed by atoms with van der Waals surface area (Å²) >= 11 is 2.12. The van der Waals surface area contributed by atoms with E-state index in [2.05, 4.69) is 28.0 Å². The quantitative estimate of drug-likeness (QED) is 0.245. The Labute approximate surface area is 155 Å². The summed E-state index contributed by atoms with van der Waals surface area (Å²) in [7, 11) is 0. The highest BCUT2D eigenvalue weighted by Gasteiger charge is 2.34. The zero-order valence-electron chi connectivity index (χ0n) is 12.5. The lowest BCUT2D eigenvalue weighted by Crippen LogP contribution is -2.35. The second-order valence-electron chi connectivity index (χ2n) is 5.12. The van der Waals surface area contributed by atoms with Crippen LogP contribution >= 0.6 is 22.6 Å². The van der Waals surface area contributed by atoms with Gasteiger partial charge in [-0.2, -0.15) is 0 Å². The minimum atomic E-state index is -0.658. The van der Waals surface area contributed by atoms with Crippen LogP contribution in [0.2, 0.25) is 0 Å². The molecule has 2 amide bonds. The zero-order valence-corrected chi connectivity index (χ0v) is 14.6. The van der Waals surface area contributed by atoms with Crippen LogP contribution in [0.5, 0.6) is 5.75 Å². The Morgan fingerprint density at radius 1 is 1.16 bits per heavy atom. The van der Waals surface area contributed by atoms with Crippen molar-refractivity contribution >= 4 is 51.9 Å². The van der Waals surface area contributed by atoms with E-state index in [0.717, 1.165) is 32.9 Å². The fourth-order valence-electron chi connectivity index (χ4n) is 2.26. The lowest BCUT2D eigenvalue weighted by molar-refractivity contribution is -0.384. The van der Waals surface area contributed by atoms with Crippen LogP contribution < -0.4 is 10.4 Å². The van der Waals surface area contributed by atoms with Gasteiger partial charge in [-0.1, -0.05) is 0 Å². The van der Waals surface area contributed by atoms with E-state index in [1.807, 2.05) is 0 Å². The van der Waals surface area contributed by atoms with Crippen molar-refractivity contribution in [1.82, 2.24) is 5.43 Å². The molecule has 1 aliphatic heterocycles. The van der Waals surface area contributed by atoms with Gasteiger partial charge >= 0.3 is 0 Å². The Balaban J connectivity index is 1.98. The number of hydrogen-bond acceptors (Lipinski definition) is 5. The van der Waals surface area contributed by atoms with Gasteiger partial charge in [0.1, 0.15) is 11.3 Å². The lowest BCUT2D eigenvalue weighted by Gasteiger charge is -2.14. The molecule has 0 spiro atoms. The van der Waals surface area contributed by atoms with Crippen molar-refractivity contribution in [2.45, 2.75) is 0 Å². The maximum Gasteiger partial charge on any atom is 0.282 e. The summed E-state index contributed by atoms with van der Waals surface area (Å²) in [5.74, 6) is -1.54. The number of carbonyl (C=O) groups is 2. The number of halogens is 1. The number of rotatable bonds is 3. The van der Waals surface area contributed by atoms with E-state index in [1.54, 1.807) is 24.3 Å². The van der Waals surface area contributed by atoms with Crippen molar-refractivity contribution in [3.05, 3.63) is 67.3 Å². The number of phenols is 1. The van der Waals surface area contributed by atoms with Gasteiger partial charge in [-0.05, 0) is 59.0 Å². The summed E-state index contributed by atoms with van der Waals surface area (Å²) in [5.41, 5.74) is 2.43. The third kappa shape index (κ3) is 3.31. The summed E-state index contributed by atoms with van der Waals surface area (Å²) < 4.78 is 0.969. The average Bonchev–Trinajstić information content (AvgIpc) is 2.85. The number of nitro groups is 1. The van der Waals surface area contributed by atoms with Crippen molar-refractivity contribution in [3.63, 3.8) is 0 Å². The van der Waals surface area contributed by atoms with Crippen molar-refractivity contribution in [2.24, 2.45) is 0 Å². The second-order valence-corrected chi connectivity index (χ2v) is 6.36. The second kappa shape index (κ2) is 6.51. The molecule has 1 saturated heterocycles. The molecule has 1 aliphatic rings. The first-order chi connectivity index (χ1) is 11.9. The maximum absolute atomic E-state index is 12.5. The summed E-state index contributed by atoms with van der Waals surface area (Å²) in [6.45, 7) is 0. The van der Waals surface area contributed by atoms with Crippen LogP contribution in [0.25, 0.3) is 6.08 Å². The molecular formula is C16H10IN3O5. The van der Waals surface area contributed by atoms with Gasteiger partial charge in [-0.3, -0.25) is 25.1 Å². The van der Waals surface area contributed by atoms with Crippen LogP contribution in [0, 0.1) is 13.7 Å². The molecule has 8 nitrogen and oxygen atoms in total. The van der Waals surface area contributed by atoms with E-state index < -0.39 is 16.7 Å². The van der Waals surface area contributed by atoms with E-state index in [-0.39, 0.29) is 22.6 Å². The van der Waals surface area contributed by atoms with E-state index in [9.17, 15) is 24.8 Å². The molecule has 0 bridgehead atoms. The van der Waals surface area contributed by atoms with Crippen molar-refractivity contribution in [2.75, 3.05) is 5.01 Å². The topological polar surface area (TPSA) is 113 Å². The molecule has 1 fully saturated rings. The molecule has 0 radical (unpaired) electrons. The largest absolute Gasteiger partial charge is 0.507 e. The van der Waals surface area contributed by atoms with Crippen LogP contribution in [0.1, 0.15) is 5.56 Å². The van der Waals surface area contributed by atoms with E-state index >= 15 is 0 Å². The summed E-state index contributed by atoms with van der Waals surface area (Å²) in [5, 5.41) is 21.8.